The monoisotopic (exact) mass is 106 g/mol. The Bertz CT molecular complexity index is 126. The van der Waals surface area contributed by atoms with Gasteiger partial charge in [0.15, 0.2) is 0 Å². The van der Waals surface area contributed by atoms with Gasteiger partial charge in [-0.25, -0.2) is 0 Å². The first kappa shape index (κ1) is 7.12. The molecule has 0 atom stereocenters. The highest BCUT2D eigenvalue weighted by Gasteiger charge is 1.73. The summed E-state index contributed by atoms with van der Waals surface area (Å²) in [6, 6.07) is 0. The van der Waals surface area contributed by atoms with Crippen LogP contribution in [0.15, 0.2) is 0 Å². The van der Waals surface area contributed by atoms with E-state index < -0.39 is 0 Å². The number of terminal acetylenes is 1. The van der Waals surface area contributed by atoms with Crippen LogP contribution in [-0.2, 0) is 0 Å². The summed E-state index contributed by atoms with van der Waals surface area (Å²) >= 11 is 0. The van der Waals surface area contributed by atoms with Crippen molar-refractivity contribution in [2.24, 2.45) is 0 Å². The van der Waals surface area contributed by atoms with Crippen LogP contribution < -0.4 is 0 Å². The van der Waals surface area contributed by atoms with Crippen molar-refractivity contribution in [3.05, 3.63) is 0 Å². The molecule has 0 aliphatic carbocycles. The lowest BCUT2D eigenvalue weighted by atomic mass is 10.2. The summed E-state index contributed by atoms with van der Waals surface area (Å²) in [6.07, 6.45) is 8.19. The molecular formula is C8H10. The molecule has 0 bridgehead atoms. The summed E-state index contributed by atoms with van der Waals surface area (Å²) in [6.45, 7) is 2.14. The highest BCUT2D eigenvalue weighted by Crippen LogP contribution is 1.89. The van der Waals surface area contributed by atoms with Crippen LogP contribution in [0.25, 0.3) is 0 Å². The van der Waals surface area contributed by atoms with Gasteiger partial charge in [0.2, 0.25) is 0 Å². The standard InChI is InChI=1S/C8H10/c1-3-5-7-8-6-4-2/h1H,4,6,8H2,2H3. The van der Waals surface area contributed by atoms with E-state index in [0.29, 0.717) is 0 Å². The van der Waals surface area contributed by atoms with E-state index in [2.05, 4.69) is 24.7 Å². The normalized spacial score (nSPS) is 6.50. The molecule has 42 valence electrons. The minimum atomic E-state index is 0.945. The van der Waals surface area contributed by atoms with E-state index in [1.807, 2.05) is 0 Å². The third-order valence-electron chi connectivity index (χ3n) is 0.816. The number of rotatable bonds is 2. The molecule has 0 unspecified atom stereocenters. The quantitative estimate of drug-likeness (QED) is 0.372. The summed E-state index contributed by atoms with van der Waals surface area (Å²) in [4.78, 5) is 0. The largest absolute Gasteiger partial charge is 0.106 e. The summed E-state index contributed by atoms with van der Waals surface area (Å²) in [5.41, 5.74) is 0. The first-order valence-corrected chi connectivity index (χ1v) is 2.85. The van der Waals surface area contributed by atoms with Gasteiger partial charge in [0.05, 0.1) is 0 Å². The molecule has 0 fully saturated rings. The molecule has 8 heavy (non-hydrogen) atoms. The van der Waals surface area contributed by atoms with E-state index in [-0.39, 0.29) is 0 Å². The third kappa shape index (κ3) is 5.12. The van der Waals surface area contributed by atoms with Crippen molar-refractivity contribution in [2.45, 2.75) is 26.2 Å². The number of hydrogen-bond acceptors (Lipinski definition) is 0. The average Bonchev–Trinajstić information content (AvgIpc) is 1.81. The van der Waals surface area contributed by atoms with E-state index in [9.17, 15) is 0 Å². The predicted molar refractivity (Wildman–Crippen MR) is 36.1 cm³/mol. The van der Waals surface area contributed by atoms with Gasteiger partial charge in [0, 0.05) is 6.42 Å². The lowest BCUT2D eigenvalue weighted by molar-refractivity contribution is 0.828. The molecule has 0 spiro atoms. The van der Waals surface area contributed by atoms with E-state index in [1.165, 1.54) is 6.42 Å². The zero-order valence-corrected chi connectivity index (χ0v) is 5.20. The Kier molecular flexibility index (Phi) is 5.45. The minimum absolute atomic E-state index is 0.945. The minimum Gasteiger partial charge on any atom is -0.106 e. The van der Waals surface area contributed by atoms with Gasteiger partial charge in [-0.1, -0.05) is 19.3 Å². The van der Waals surface area contributed by atoms with Crippen molar-refractivity contribution in [3.8, 4) is 24.2 Å². The SMILES string of the molecule is C#CC#CCCCC. The Hall–Kier alpha value is -0.880. The first-order valence-electron chi connectivity index (χ1n) is 2.85. The van der Waals surface area contributed by atoms with Gasteiger partial charge in [0.1, 0.15) is 0 Å². The van der Waals surface area contributed by atoms with Crippen molar-refractivity contribution in [2.75, 3.05) is 0 Å². The Labute approximate surface area is 51.3 Å². The van der Waals surface area contributed by atoms with Gasteiger partial charge in [-0.15, -0.1) is 6.42 Å². The van der Waals surface area contributed by atoms with Crippen LogP contribution in [0.3, 0.4) is 0 Å². The van der Waals surface area contributed by atoms with Crippen LogP contribution in [0.2, 0.25) is 0 Å². The van der Waals surface area contributed by atoms with Crippen molar-refractivity contribution in [1.82, 2.24) is 0 Å². The van der Waals surface area contributed by atoms with Gasteiger partial charge in [0.25, 0.3) is 0 Å². The second kappa shape index (κ2) is 6.12. The highest BCUT2D eigenvalue weighted by molar-refractivity contribution is 5.21. The van der Waals surface area contributed by atoms with Crippen LogP contribution >= 0.6 is 0 Å². The smallest absolute Gasteiger partial charge is 0.00988 e. The molecule has 0 aromatic carbocycles. The topological polar surface area (TPSA) is 0 Å². The molecular weight excluding hydrogens is 96.1 g/mol. The van der Waals surface area contributed by atoms with Gasteiger partial charge in [-0.05, 0) is 18.3 Å². The van der Waals surface area contributed by atoms with Crippen LogP contribution in [-0.4, -0.2) is 0 Å². The fourth-order valence-electron chi connectivity index (χ4n) is 0.379. The summed E-state index contributed by atoms with van der Waals surface area (Å²) < 4.78 is 0. The molecule has 0 rings (SSSR count). The zero-order chi connectivity index (χ0) is 6.24. The maximum Gasteiger partial charge on any atom is 0.00988 e. The van der Waals surface area contributed by atoms with Crippen LogP contribution in [0.4, 0.5) is 0 Å². The van der Waals surface area contributed by atoms with Gasteiger partial charge in [-0.2, -0.15) is 0 Å². The molecule has 0 aliphatic heterocycles. The number of unbranched alkanes of at least 4 members (excludes halogenated alkanes) is 2. The Balaban J connectivity index is 3.06. The molecule has 0 heterocycles. The van der Waals surface area contributed by atoms with Crippen molar-refractivity contribution < 1.29 is 0 Å². The molecule has 0 saturated carbocycles. The molecule has 0 nitrogen and oxygen atoms in total. The lowest BCUT2D eigenvalue weighted by Crippen LogP contribution is -1.65. The number of hydrogen-bond donors (Lipinski definition) is 0. The molecule has 0 saturated heterocycles. The Morgan fingerprint density at radius 1 is 1.50 bits per heavy atom. The molecule has 0 aromatic rings. The van der Waals surface area contributed by atoms with Crippen LogP contribution in [0, 0.1) is 24.2 Å². The fourth-order valence-corrected chi connectivity index (χ4v) is 0.379. The summed E-state index contributed by atoms with van der Waals surface area (Å²) in [7, 11) is 0. The van der Waals surface area contributed by atoms with E-state index in [0.717, 1.165) is 12.8 Å². The second-order valence-corrected chi connectivity index (χ2v) is 1.55. The average molecular weight is 106 g/mol. The predicted octanol–water partition coefficient (Wildman–Crippen LogP) is 1.81. The molecule has 0 radical (unpaired) electrons. The van der Waals surface area contributed by atoms with Crippen molar-refractivity contribution in [3.63, 3.8) is 0 Å². The van der Waals surface area contributed by atoms with Gasteiger partial charge >= 0.3 is 0 Å². The van der Waals surface area contributed by atoms with E-state index >= 15 is 0 Å². The van der Waals surface area contributed by atoms with E-state index in [4.69, 9.17) is 6.42 Å². The van der Waals surface area contributed by atoms with Crippen LogP contribution in [0.1, 0.15) is 26.2 Å². The molecule has 0 aromatic heterocycles. The second-order valence-electron chi connectivity index (χ2n) is 1.55. The Morgan fingerprint density at radius 3 is 2.75 bits per heavy atom. The van der Waals surface area contributed by atoms with E-state index in [1.54, 1.807) is 0 Å². The Morgan fingerprint density at radius 2 is 2.25 bits per heavy atom. The van der Waals surface area contributed by atoms with Crippen molar-refractivity contribution in [1.29, 1.82) is 0 Å². The molecule has 0 aliphatic rings. The first-order chi connectivity index (χ1) is 3.91. The van der Waals surface area contributed by atoms with Crippen molar-refractivity contribution >= 4 is 0 Å². The highest BCUT2D eigenvalue weighted by atomic mass is 13.8. The maximum absolute atomic E-state index is 4.89. The third-order valence-corrected chi connectivity index (χ3v) is 0.816. The molecule has 0 amide bonds. The summed E-state index contributed by atoms with van der Waals surface area (Å²) in [5.74, 6) is 7.68. The lowest BCUT2D eigenvalue weighted by Gasteiger charge is -1.80. The van der Waals surface area contributed by atoms with Crippen LogP contribution in [0.5, 0.6) is 0 Å². The molecule has 0 N–H and O–H groups in total. The van der Waals surface area contributed by atoms with Gasteiger partial charge in [-0.3, -0.25) is 0 Å². The zero-order valence-electron chi connectivity index (χ0n) is 5.20. The molecule has 0 heteroatoms. The summed E-state index contributed by atoms with van der Waals surface area (Å²) in [5, 5.41) is 0. The van der Waals surface area contributed by atoms with Gasteiger partial charge < -0.3 is 0 Å². The fraction of sp³-hybridized carbons (Fsp3) is 0.500. The maximum atomic E-state index is 4.89.